The van der Waals surface area contributed by atoms with E-state index in [1.54, 1.807) is 7.11 Å². The fourth-order valence-electron chi connectivity index (χ4n) is 2.50. The van der Waals surface area contributed by atoms with E-state index in [1.807, 2.05) is 4.90 Å². The van der Waals surface area contributed by atoms with Gasteiger partial charge in [-0.3, -0.25) is 5.10 Å². The minimum Gasteiger partial charge on any atom is -0.377 e. The van der Waals surface area contributed by atoms with Crippen molar-refractivity contribution < 1.29 is 9.53 Å². The van der Waals surface area contributed by atoms with Crippen LogP contribution in [0.3, 0.4) is 0 Å². The van der Waals surface area contributed by atoms with Crippen molar-refractivity contribution in [3.8, 4) is 0 Å². The Morgan fingerprint density at radius 3 is 3.05 bits per heavy atom. The summed E-state index contributed by atoms with van der Waals surface area (Å²) in [5, 5.41) is 9.70. The highest BCUT2D eigenvalue weighted by molar-refractivity contribution is 5.74. The molecule has 2 N–H and O–H groups in total. The van der Waals surface area contributed by atoms with E-state index in [0.29, 0.717) is 24.8 Å². The number of piperazine rings is 1. The van der Waals surface area contributed by atoms with Crippen LogP contribution < -0.4 is 5.32 Å². The van der Waals surface area contributed by atoms with Crippen LogP contribution in [0.1, 0.15) is 25.0 Å². The van der Waals surface area contributed by atoms with Gasteiger partial charge in [-0.2, -0.15) is 5.10 Å². The highest BCUT2D eigenvalue weighted by Crippen LogP contribution is 2.11. The van der Waals surface area contributed by atoms with Crippen molar-refractivity contribution in [2.24, 2.45) is 0 Å². The second-order valence-electron chi connectivity index (χ2n) is 5.31. The van der Waals surface area contributed by atoms with E-state index in [4.69, 9.17) is 4.74 Å². The summed E-state index contributed by atoms with van der Waals surface area (Å²) >= 11 is 0. The zero-order valence-corrected chi connectivity index (χ0v) is 12.9. The van der Waals surface area contributed by atoms with Crippen LogP contribution in [0.2, 0.25) is 0 Å². The molecule has 0 bridgehead atoms. The molecule has 0 aromatic carbocycles. The number of nitrogens with zero attached hydrogens (tertiary/aromatic N) is 4. The van der Waals surface area contributed by atoms with Crippen LogP contribution in [-0.2, 0) is 17.9 Å². The minimum atomic E-state index is -0.0420. The molecule has 1 aliphatic rings. The number of carbonyl (C=O) groups excluding carboxylic acids is 1. The number of urea groups is 1. The SMILES string of the molecule is CCC1CN(C)CCN1C(=O)NCc1nc(COC)n[nH]1. The standard InChI is InChI=1S/C13H24N6O2/c1-4-10-8-18(2)5-6-19(10)13(20)14-7-11-15-12(9-21-3)17-16-11/h10H,4-9H2,1-3H3,(H,14,20)(H,15,16,17). The number of ether oxygens (including phenoxy) is 1. The van der Waals surface area contributed by atoms with Gasteiger partial charge in [0, 0.05) is 32.8 Å². The minimum absolute atomic E-state index is 0.0420. The third-order valence-electron chi connectivity index (χ3n) is 3.68. The number of hydrogen-bond acceptors (Lipinski definition) is 5. The Bertz CT molecular complexity index is 463. The average Bonchev–Trinajstić information content (AvgIpc) is 2.92. The molecule has 0 radical (unpaired) electrons. The third kappa shape index (κ3) is 4.15. The largest absolute Gasteiger partial charge is 0.377 e. The summed E-state index contributed by atoms with van der Waals surface area (Å²) in [7, 11) is 3.68. The predicted octanol–water partition coefficient (Wildman–Crippen LogP) is 0.187. The van der Waals surface area contributed by atoms with E-state index >= 15 is 0 Å². The number of hydrogen-bond donors (Lipinski definition) is 2. The van der Waals surface area contributed by atoms with E-state index in [0.717, 1.165) is 26.1 Å². The van der Waals surface area contributed by atoms with Crippen molar-refractivity contribution >= 4 is 6.03 Å². The highest BCUT2D eigenvalue weighted by atomic mass is 16.5. The summed E-state index contributed by atoms with van der Waals surface area (Å²) in [5.74, 6) is 1.23. The highest BCUT2D eigenvalue weighted by Gasteiger charge is 2.27. The summed E-state index contributed by atoms with van der Waals surface area (Å²) in [6, 6.07) is 0.224. The van der Waals surface area contributed by atoms with E-state index in [1.165, 1.54) is 0 Å². The van der Waals surface area contributed by atoms with Crippen LogP contribution in [-0.4, -0.2) is 70.8 Å². The lowest BCUT2D eigenvalue weighted by Gasteiger charge is -2.39. The second kappa shape index (κ2) is 7.37. The summed E-state index contributed by atoms with van der Waals surface area (Å²) in [5.41, 5.74) is 0. The van der Waals surface area contributed by atoms with Gasteiger partial charge in [0.1, 0.15) is 12.4 Å². The maximum absolute atomic E-state index is 12.3. The average molecular weight is 296 g/mol. The Morgan fingerprint density at radius 1 is 1.52 bits per heavy atom. The molecule has 2 rings (SSSR count). The molecule has 1 unspecified atom stereocenters. The molecule has 0 saturated carbocycles. The van der Waals surface area contributed by atoms with Gasteiger partial charge < -0.3 is 19.9 Å². The maximum Gasteiger partial charge on any atom is 0.318 e. The van der Waals surface area contributed by atoms with Gasteiger partial charge >= 0.3 is 6.03 Å². The van der Waals surface area contributed by atoms with Crippen molar-refractivity contribution in [3.63, 3.8) is 0 Å². The van der Waals surface area contributed by atoms with Crippen molar-refractivity contribution in [3.05, 3.63) is 11.6 Å². The fraction of sp³-hybridized carbons (Fsp3) is 0.769. The first kappa shape index (κ1) is 15.7. The quantitative estimate of drug-likeness (QED) is 0.810. The van der Waals surface area contributed by atoms with Crippen LogP contribution in [0.4, 0.5) is 4.79 Å². The molecule has 0 spiro atoms. The number of likely N-dealkylation sites (N-methyl/N-ethyl adjacent to an activating group) is 1. The molecular formula is C13H24N6O2. The molecule has 1 aliphatic heterocycles. The summed E-state index contributed by atoms with van der Waals surface area (Å²) in [4.78, 5) is 20.7. The fourth-order valence-corrected chi connectivity index (χ4v) is 2.50. The lowest BCUT2D eigenvalue weighted by Crippen LogP contribution is -2.56. The van der Waals surface area contributed by atoms with Crippen molar-refractivity contribution in [1.29, 1.82) is 0 Å². The van der Waals surface area contributed by atoms with Gasteiger partial charge in [0.05, 0.1) is 6.54 Å². The number of aromatic amines is 1. The number of carbonyl (C=O) groups is 1. The molecule has 1 saturated heterocycles. The van der Waals surface area contributed by atoms with Gasteiger partial charge in [-0.05, 0) is 13.5 Å². The molecule has 118 valence electrons. The number of nitrogens with one attached hydrogen (secondary N) is 2. The number of H-pyrrole nitrogens is 1. The smallest absolute Gasteiger partial charge is 0.318 e. The first-order chi connectivity index (χ1) is 10.1. The third-order valence-corrected chi connectivity index (χ3v) is 3.68. The van der Waals surface area contributed by atoms with Crippen molar-refractivity contribution in [2.75, 3.05) is 33.8 Å². The summed E-state index contributed by atoms with van der Waals surface area (Å²) in [6.45, 7) is 5.40. The van der Waals surface area contributed by atoms with Crippen molar-refractivity contribution in [1.82, 2.24) is 30.3 Å². The molecule has 1 aromatic heterocycles. The lowest BCUT2D eigenvalue weighted by atomic mass is 10.1. The van der Waals surface area contributed by atoms with Crippen LogP contribution in [0.25, 0.3) is 0 Å². The van der Waals surface area contributed by atoms with Gasteiger partial charge in [0.25, 0.3) is 0 Å². The first-order valence-electron chi connectivity index (χ1n) is 7.26. The Kier molecular flexibility index (Phi) is 5.51. The van der Waals surface area contributed by atoms with Gasteiger partial charge in [-0.15, -0.1) is 0 Å². The molecule has 1 fully saturated rings. The Labute approximate surface area is 124 Å². The summed E-state index contributed by atoms with van der Waals surface area (Å²) < 4.78 is 4.96. The monoisotopic (exact) mass is 296 g/mol. The van der Waals surface area contributed by atoms with Crippen LogP contribution in [0, 0.1) is 0 Å². The van der Waals surface area contributed by atoms with Crippen LogP contribution in [0.15, 0.2) is 0 Å². The van der Waals surface area contributed by atoms with E-state index < -0.39 is 0 Å². The van der Waals surface area contributed by atoms with Crippen molar-refractivity contribution in [2.45, 2.75) is 32.5 Å². The number of methoxy groups -OCH3 is 1. The van der Waals surface area contributed by atoms with Gasteiger partial charge in [-0.1, -0.05) is 6.92 Å². The van der Waals surface area contributed by atoms with E-state index in [-0.39, 0.29) is 12.1 Å². The zero-order valence-electron chi connectivity index (χ0n) is 12.9. The van der Waals surface area contributed by atoms with E-state index in [9.17, 15) is 4.79 Å². The Morgan fingerprint density at radius 2 is 2.33 bits per heavy atom. The summed E-state index contributed by atoms with van der Waals surface area (Å²) in [6.07, 6.45) is 0.956. The topological polar surface area (TPSA) is 86.4 Å². The van der Waals surface area contributed by atoms with Crippen LogP contribution >= 0.6 is 0 Å². The number of amides is 2. The Hall–Kier alpha value is -1.67. The molecule has 1 aromatic rings. The zero-order chi connectivity index (χ0) is 15.2. The van der Waals surface area contributed by atoms with E-state index in [2.05, 4.69) is 39.4 Å². The Balaban J connectivity index is 1.85. The molecule has 8 nitrogen and oxygen atoms in total. The molecule has 2 amide bonds. The second-order valence-corrected chi connectivity index (χ2v) is 5.31. The predicted molar refractivity (Wildman–Crippen MR) is 77.6 cm³/mol. The maximum atomic E-state index is 12.3. The van der Waals surface area contributed by atoms with Gasteiger partial charge in [0.2, 0.25) is 0 Å². The molecule has 1 atom stereocenters. The molecule has 2 heterocycles. The first-order valence-corrected chi connectivity index (χ1v) is 7.26. The number of rotatable bonds is 5. The van der Waals surface area contributed by atoms with Gasteiger partial charge in [-0.25, -0.2) is 9.78 Å². The number of aromatic nitrogens is 3. The lowest BCUT2D eigenvalue weighted by molar-refractivity contribution is 0.106. The molecule has 0 aliphatic carbocycles. The molecule has 8 heteroatoms. The normalized spacial score (nSPS) is 19.8. The van der Waals surface area contributed by atoms with Crippen LogP contribution in [0.5, 0.6) is 0 Å². The molecular weight excluding hydrogens is 272 g/mol. The molecule has 21 heavy (non-hydrogen) atoms. The van der Waals surface area contributed by atoms with Gasteiger partial charge in [0.15, 0.2) is 5.82 Å².